The summed E-state index contributed by atoms with van der Waals surface area (Å²) in [5.41, 5.74) is 0.695. The lowest BCUT2D eigenvalue weighted by Crippen LogP contribution is -2.28. The fourth-order valence-electron chi connectivity index (χ4n) is 2.11. The molecule has 124 valence electrons. The molecule has 0 saturated heterocycles. The zero-order valence-electron chi connectivity index (χ0n) is 13.0. The van der Waals surface area contributed by atoms with E-state index < -0.39 is 0 Å². The van der Waals surface area contributed by atoms with E-state index in [0.29, 0.717) is 16.7 Å². The van der Waals surface area contributed by atoms with Crippen LogP contribution in [-0.4, -0.2) is 26.4 Å². The molecule has 0 spiro atoms. The molecule has 2 rings (SSSR count). The van der Waals surface area contributed by atoms with Gasteiger partial charge in [-0.2, -0.15) is 0 Å². The topological polar surface area (TPSA) is 79.8 Å². The van der Waals surface area contributed by atoms with Gasteiger partial charge in [0.25, 0.3) is 0 Å². The van der Waals surface area contributed by atoms with Gasteiger partial charge >= 0.3 is 5.69 Å². The molecular weight excluding hydrogens is 336 g/mol. The highest BCUT2D eigenvalue weighted by Gasteiger charge is 2.13. The fourth-order valence-corrected chi connectivity index (χ4v) is 3.09. The molecule has 1 aromatic carbocycles. The second-order valence-corrected chi connectivity index (χ2v) is 6.47. The molecule has 0 fully saturated rings. The Morgan fingerprint density at radius 1 is 1.52 bits per heavy atom. The molecule has 0 bridgehead atoms. The monoisotopic (exact) mass is 354 g/mol. The molecule has 2 aromatic rings. The van der Waals surface area contributed by atoms with Crippen LogP contribution in [0.2, 0.25) is 5.02 Å². The molecule has 0 saturated carbocycles. The number of nitrogens with one attached hydrogen (secondary N) is 2. The molecule has 0 unspecified atom stereocenters. The van der Waals surface area contributed by atoms with Gasteiger partial charge in [0.15, 0.2) is 5.16 Å². The van der Waals surface area contributed by atoms with Gasteiger partial charge in [0.1, 0.15) is 0 Å². The first-order valence-electron chi connectivity index (χ1n) is 7.34. The third-order valence-electron chi connectivity index (χ3n) is 3.23. The Morgan fingerprint density at radius 2 is 2.30 bits per heavy atom. The number of hydrogen-bond acceptors (Lipinski definition) is 4. The number of carbonyl (C=O) groups is 1. The van der Waals surface area contributed by atoms with Crippen molar-refractivity contribution < 1.29 is 4.79 Å². The molecule has 1 amide bonds. The minimum atomic E-state index is -0.248. The van der Waals surface area contributed by atoms with Gasteiger partial charge in [-0.05, 0) is 31.0 Å². The minimum Gasteiger partial charge on any atom is -0.349 e. The summed E-state index contributed by atoms with van der Waals surface area (Å²) in [6.45, 7) is 4.46. The molecule has 0 aliphatic heterocycles. The molecular formula is C15H19ClN4O2S. The van der Waals surface area contributed by atoms with Crippen molar-refractivity contribution in [2.75, 3.05) is 5.75 Å². The summed E-state index contributed by atoms with van der Waals surface area (Å²) in [7, 11) is 0. The van der Waals surface area contributed by atoms with Crippen LogP contribution in [-0.2, 0) is 11.3 Å². The summed E-state index contributed by atoms with van der Waals surface area (Å²) in [4.78, 5) is 23.7. The molecule has 1 atom stereocenters. The van der Waals surface area contributed by atoms with Gasteiger partial charge in [0.2, 0.25) is 5.91 Å². The maximum atomic E-state index is 12.1. The molecule has 23 heavy (non-hydrogen) atoms. The van der Waals surface area contributed by atoms with E-state index in [1.807, 2.05) is 32.0 Å². The van der Waals surface area contributed by atoms with Gasteiger partial charge in [-0.1, -0.05) is 42.4 Å². The predicted molar refractivity (Wildman–Crippen MR) is 91.9 cm³/mol. The minimum absolute atomic E-state index is 0.124. The van der Waals surface area contributed by atoms with Gasteiger partial charge in [-0.15, -0.1) is 5.10 Å². The van der Waals surface area contributed by atoms with E-state index in [1.165, 1.54) is 11.8 Å². The van der Waals surface area contributed by atoms with Crippen LogP contribution in [0.5, 0.6) is 0 Å². The SMILES string of the molecule is CCCn1c(SCC(=O)N[C@@H](C)c2cccc(Cl)c2)n[nH]c1=O. The predicted octanol–water partition coefficient (Wildman–Crippen LogP) is 2.60. The van der Waals surface area contributed by atoms with Gasteiger partial charge in [-0.25, -0.2) is 9.89 Å². The Labute approximate surface area is 143 Å². The number of aromatic amines is 1. The van der Waals surface area contributed by atoms with E-state index >= 15 is 0 Å². The Morgan fingerprint density at radius 3 is 3.00 bits per heavy atom. The van der Waals surface area contributed by atoms with Gasteiger partial charge in [0.05, 0.1) is 11.8 Å². The van der Waals surface area contributed by atoms with Crippen LogP contribution >= 0.6 is 23.4 Å². The van der Waals surface area contributed by atoms with Gasteiger partial charge < -0.3 is 5.32 Å². The summed E-state index contributed by atoms with van der Waals surface area (Å²) in [6.07, 6.45) is 0.824. The molecule has 1 aromatic heterocycles. The Balaban J connectivity index is 1.91. The van der Waals surface area contributed by atoms with E-state index in [9.17, 15) is 9.59 Å². The lowest BCUT2D eigenvalue weighted by atomic mass is 10.1. The van der Waals surface area contributed by atoms with Crippen molar-refractivity contribution in [3.63, 3.8) is 0 Å². The van der Waals surface area contributed by atoms with Crippen molar-refractivity contribution in [2.45, 2.75) is 38.0 Å². The Kier molecular flexibility index (Phi) is 6.29. The second kappa shape index (κ2) is 8.21. The van der Waals surface area contributed by atoms with Crippen LogP contribution in [0.1, 0.15) is 31.9 Å². The van der Waals surface area contributed by atoms with E-state index in [0.717, 1.165) is 12.0 Å². The molecule has 2 N–H and O–H groups in total. The van der Waals surface area contributed by atoms with E-state index in [-0.39, 0.29) is 23.4 Å². The van der Waals surface area contributed by atoms with Crippen LogP contribution in [0.4, 0.5) is 0 Å². The van der Waals surface area contributed by atoms with Crippen LogP contribution in [0, 0.1) is 0 Å². The highest BCUT2D eigenvalue weighted by Crippen LogP contribution is 2.18. The third-order valence-corrected chi connectivity index (χ3v) is 4.44. The van der Waals surface area contributed by atoms with Crippen molar-refractivity contribution in [2.24, 2.45) is 0 Å². The van der Waals surface area contributed by atoms with Crippen LogP contribution in [0.15, 0.2) is 34.2 Å². The largest absolute Gasteiger partial charge is 0.349 e. The second-order valence-electron chi connectivity index (χ2n) is 5.10. The van der Waals surface area contributed by atoms with Gasteiger partial charge in [-0.3, -0.25) is 9.36 Å². The number of benzene rings is 1. The molecule has 8 heteroatoms. The number of carbonyl (C=O) groups excluding carboxylic acids is 1. The lowest BCUT2D eigenvalue weighted by Gasteiger charge is -2.14. The zero-order valence-corrected chi connectivity index (χ0v) is 14.6. The summed E-state index contributed by atoms with van der Waals surface area (Å²) in [5, 5.41) is 10.4. The van der Waals surface area contributed by atoms with Crippen molar-refractivity contribution in [1.29, 1.82) is 0 Å². The fraction of sp³-hybridized carbons (Fsp3) is 0.400. The number of H-pyrrole nitrogens is 1. The Bertz CT molecular complexity index is 728. The van der Waals surface area contributed by atoms with Crippen molar-refractivity contribution in [1.82, 2.24) is 20.1 Å². The maximum Gasteiger partial charge on any atom is 0.343 e. The molecule has 0 aliphatic rings. The lowest BCUT2D eigenvalue weighted by molar-refractivity contribution is -0.119. The number of thioether (sulfide) groups is 1. The average molecular weight is 355 g/mol. The highest BCUT2D eigenvalue weighted by molar-refractivity contribution is 7.99. The maximum absolute atomic E-state index is 12.1. The van der Waals surface area contributed by atoms with E-state index in [1.54, 1.807) is 10.6 Å². The number of hydrogen-bond donors (Lipinski definition) is 2. The Hall–Kier alpha value is -1.73. The van der Waals surface area contributed by atoms with Crippen LogP contribution in [0.25, 0.3) is 0 Å². The first-order chi connectivity index (χ1) is 11.0. The number of amides is 1. The smallest absolute Gasteiger partial charge is 0.343 e. The van der Waals surface area contributed by atoms with Crippen LogP contribution in [0.3, 0.4) is 0 Å². The standard InChI is InChI=1S/C15H19ClN4O2S/c1-3-7-20-14(22)18-19-15(20)23-9-13(21)17-10(2)11-5-4-6-12(16)8-11/h4-6,8,10H,3,7,9H2,1-2H3,(H,17,21)(H,18,22)/t10-/m0/s1. The number of rotatable bonds is 7. The van der Waals surface area contributed by atoms with E-state index in [4.69, 9.17) is 11.6 Å². The molecule has 0 radical (unpaired) electrons. The van der Waals surface area contributed by atoms with Crippen molar-refractivity contribution in [3.05, 3.63) is 45.3 Å². The van der Waals surface area contributed by atoms with Crippen LogP contribution < -0.4 is 11.0 Å². The first-order valence-corrected chi connectivity index (χ1v) is 8.70. The third kappa shape index (κ3) is 4.87. The quantitative estimate of drug-likeness (QED) is 0.749. The van der Waals surface area contributed by atoms with Gasteiger partial charge in [0, 0.05) is 11.6 Å². The summed E-state index contributed by atoms with van der Waals surface area (Å²) in [5.74, 6) is 0.0693. The normalized spacial score (nSPS) is 12.1. The van der Waals surface area contributed by atoms with Crippen molar-refractivity contribution >= 4 is 29.3 Å². The summed E-state index contributed by atoms with van der Waals surface area (Å²) >= 11 is 7.19. The number of nitrogens with zero attached hydrogens (tertiary/aromatic N) is 2. The number of aromatic nitrogens is 3. The molecule has 0 aliphatic carbocycles. The molecule has 1 heterocycles. The summed E-state index contributed by atoms with van der Waals surface area (Å²) in [6, 6.07) is 7.24. The summed E-state index contributed by atoms with van der Waals surface area (Å²) < 4.78 is 1.54. The molecule has 6 nitrogen and oxygen atoms in total. The number of halogens is 1. The highest BCUT2D eigenvalue weighted by atomic mass is 35.5. The van der Waals surface area contributed by atoms with Crippen molar-refractivity contribution in [3.8, 4) is 0 Å². The first kappa shape index (κ1) is 17.6. The zero-order chi connectivity index (χ0) is 16.8. The van der Waals surface area contributed by atoms with E-state index in [2.05, 4.69) is 15.5 Å². The average Bonchev–Trinajstić information content (AvgIpc) is 2.86.